The second-order valence-electron chi connectivity index (χ2n) is 7.64. The number of unbranched alkanes of at least 4 members (excludes halogenated alkanes) is 1. The van der Waals surface area contributed by atoms with Crippen molar-refractivity contribution >= 4 is 5.96 Å². The highest BCUT2D eigenvalue weighted by molar-refractivity contribution is 5.79. The molecule has 0 saturated heterocycles. The Morgan fingerprint density at radius 3 is 2.42 bits per heavy atom. The number of benzene rings is 2. The van der Waals surface area contributed by atoms with E-state index < -0.39 is 6.10 Å². The summed E-state index contributed by atoms with van der Waals surface area (Å²) in [6.07, 6.45) is 1.44. The minimum Gasteiger partial charge on any atom is -0.491 e. The van der Waals surface area contributed by atoms with Crippen molar-refractivity contribution in [2.24, 2.45) is 4.99 Å². The fraction of sp³-hybridized carbons (Fsp3) is 0.480. The predicted octanol–water partition coefficient (Wildman–Crippen LogP) is 4.06. The lowest BCUT2D eigenvalue weighted by molar-refractivity contribution is 0.117. The Bertz CT molecular complexity index is 748. The van der Waals surface area contributed by atoms with Crippen LogP contribution in [0.4, 0.5) is 0 Å². The SMILES string of the molecule is CCNC(=NCC(O)c1ccc(OC(C)C)cc1)NCCCCOCc1ccccc1. The molecule has 0 bridgehead atoms. The molecule has 0 heterocycles. The van der Waals surface area contributed by atoms with Gasteiger partial charge in [-0.25, -0.2) is 0 Å². The van der Waals surface area contributed by atoms with Gasteiger partial charge in [-0.1, -0.05) is 42.5 Å². The quantitative estimate of drug-likeness (QED) is 0.255. The molecule has 0 spiro atoms. The molecule has 0 amide bonds. The largest absolute Gasteiger partial charge is 0.491 e. The summed E-state index contributed by atoms with van der Waals surface area (Å²) < 4.78 is 11.4. The van der Waals surface area contributed by atoms with Gasteiger partial charge in [0.15, 0.2) is 5.96 Å². The smallest absolute Gasteiger partial charge is 0.191 e. The first-order chi connectivity index (χ1) is 15.1. The summed E-state index contributed by atoms with van der Waals surface area (Å²) in [7, 11) is 0. The molecule has 2 aromatic carbocycles. The Morgan fingerprint density at radius 1 is 1.00 bits per heavy atom. The number of hydrogen-bond donors (Lipinski definition) is 3. The molecule has 2 aromatic rings. The van der Waals surface area contributed by atoms with Gasteiger partial charge in [-0.05, 0) is 56.9 Å². The topological polar surface area (TPSA) is 75.1 Å². The van der Waals surface area contributed by atoms with Crippen LogP contribution in [0, 0.1) is 0 Å². The lowest BCUT2D eigenvalue weighted by Gasteiger charge is -2.14. The van der Waals surface area contributed by atoms with Gasteiger partial charge in [0.25, 0.3) is 0 Å². The molecule has 0 saturated carbocycles. The average Bonchev–Trinajstić information content (AvgIpc) is 2.77. The number of guanidine groups is 1. The molecule has 3 N–H and O–H groups in total. The molecule has 0 fully saturated rings. The fourth-order valence-corrected chi connectivity index (χ4v) is 2.97. The Labute approximate surface area is 186 Å². The van der Waals surface area contributed by atoms with E-state index in [0.717, 1.165) is 43.9 Å². The Morgan fingerprint density at radius 2 is 1.74 bits per heavy atom. The van der Waals surface area contributed by atoms with E-state index in [1.165, 1.54) is 5.56 Å². The van der Waals surface area contributed by atoms with E-state index in [-0.39, 0.29) is 6.10 Å². The average molecular weight is 428 g/mol. The van der Waals surface area contributed by atoms with Crippen LogP contribution in [-0.4, -0.2) is 43.4 Å². The maximum Gasteiger partial charge on any atom is 0.191 e. The van der Waals surface area contributed by atoms with Crippen molar-refractivity contribution in [3.63, 3.8) is 0 Å². The van der Waals surface area contributed by atoms with Crippen LogP contribution in [0.2, 0.25) is 0 Å². The number of ether oxygens (including phenoxy) is 2. The van der Waals surface area contributed by atoms with E-state index in [9.17, 15) is 5.11 Å². The van der Waals surface area contributed by atoms with Crippen molar-refractivity contribution in [2.45, 2.75) is 52.4 Å². The zero-order chi connectivity index (χ0) is 22.3. The van der Waals surface area contributed by atoms with Gasteiger partial charge in [-0.3, -0.25) is 4.99 Å². The summed E-state index contributed by atoms with van der Waals surface area (Å²) in [6, 6.07) is 17.7. The highest BCUT2D eigenvalue weighted by Crippen LogP contribution is 2.19. The molecule has 6 nitrogen and oxygen atoms in total. The standard InChI is InChI=1S/C25H37N3O3/c1-4-26-25(27-16-8-9-17-30-19-21-10-6-5-7-11-21)28-18-24(29)22-12-14-23(15-13-22)31-20(2)3/h5-7,10-15,20,24,29H,4,8-9,16-19H2,1-3H3,(H2,26,27,28). The first kappa shape index (κ1) is 24.7. The number of rotatable bonds is 13. The first-order valence-electron chi connectivity index (χ1n) is 11.2. The van der Waals surface area contributed by atoms with E-state index in [2.05, 4.69) is 27.8 Å². The highest BCUT2D eigenvalue weighted by atomic mass is 16.5. The molecule has 170 valence electrons. The van der Waals surface area contributed by atoms with Crippen LogP contribution in [0.3, 0.4) is 0 Å². The third kappa shape index (κ3) is 10.3. The van der Waals surface area contributed by atoms with Crippen molar-refractivity contribution in [3.8, 4) is 5.75 Å². The Hall–Kier alpha value is -2.57. The highest BCUT2D eigenvalue weighted by Gasteiger charge is 2.08. The normalized spacial score (nSPS) is 12.6. The van der Waals surface area contributed by atoms with Gasteiger partial charge in [-0.2, -0.15) is 0 Å². The molecule has 1 atom stereocenters. The minimum absolute atomic E-state index is 0.129. The molecule has 0 aromatic heterocycles. The molecule has 0 radical (unpaired) electrons. The van der Waals surface area contributed by atoms with Crippen LogP contribution in [0.25, 0.3) is 0 Å². The summed E-state index contributed by atoms with van der Waals surface area (Å²) in [5, 5.41) is 17.0. The van der Waals surface area contributed by atoms with Gasteiger partial charge in [0.1, 0.15) is 5.75 Å². The molecular weight excluding hydrogens is 390 g/mol. The van der Waals surface area contributed by atoms with Crippen LogP contribution < -0.4 is 15.4 Å². The van der Waals surface area contributed by atoms with Crippen LogP contribution in [-0.2, 0) is 11.3 Å². The van der Waals surface area contributed by atoms with Gasteiger partial charge in [-0.15, -0.1) is 0 Å². The molecule has 0 aliphatic heterocycles. The van der Waals surface area contributed by atoms with Gasteiger partial charge in [0.2, 0.25) is 0 Å². The molecule has 2 rings (SSSR count). The van der Waals surface area contributed by atoms with E-state index in [1.807, 2.05) is 63.2 Å². The van der Waals surface area contributed by atoms with E-state index in [1.54, 1.807) is 0 Å². The van der Waals surface area contributed by atoms with Gasteiger partial charge in [0, 0.05) is 19.7 Å². The molecule has 6 heteroatoms. The van der Waals surface area contributed by atoms with E-state index >= 15 is 0 Å². The third-order valence-electron chi connectivity index (χ3n) is 4.52. The second-order valence-corrected chi connectivity index (χ2v) is 7.64. The Kier molecular flexibility index (Phi) is 11.5. The van der Waals surface area contributed by atoms with Crippen molar-refractivity contribution in [1.82, 2.24) is 10.6 Å². The van der Waals surface area contributed by atoms with Gasteiger partial charge in [0.05, 0.1) is 25.4 Å². The number of aliphatic imine (C=N–C) groups is 1. The summed E-state index contributed by atoms with van der Waals surface area (Å²) in [4.78, 5) is 4.52. The third-order valence-corrected chi connectivity index (χ3v) is 4.52. The molecule has 0 aliphatic carbocycles. The monoisotopic (exact) mass is 427 g/mol. The summed E-state index contributed by atoms with van der Waals surface area (Å²) in [6.45, 7) is 9.26. The zero-order valence-electron chi connectivity index (χ0n) is 19.0. The number of aliphatic hydroxyl groups excluding tert-OH is 1. The van der Waals surface area contributed by atoms with Crippen LogP contribution in [0.5, 0.6) is 5.75 Å². The number of aliphatic hydroxyl groups is 1. The van der Waals surface area contributed by atoms with Gasteiger partial charge >= 0.3 is 0 Å². The maximum absolute atomic E-state index is 10.5. The van der Waals surface area contributed by atoms with E-state index in [4.69, 9.17) is 9.47 Å². The fourth-order valence-electron chi connectivity index (χ4n) is 2.97. The van der Waals surface area contributed by atoms with Crippen molar-refractivity contribution in [1.29, 1.82) is 0 Å². The lowest BCUT2D eigenvalue weighted by atomic mass is 10.1. The minimum atomic E-state index is -0.657. The summed E-state index contributed by atoms with van der Waals surface area (Å²) in [5.41, 5.74) is 2.02. The van der Waals surface area contributed by atoms with Crippen molar-refractivity contribution in [2.75, 3.05) is 26.2 Å². The number of hydrogen-bond acceptors (Lipinski definition) is 4. The Balaban J connectivity index is 1.68. The number of nitrogens with zero attached hydrogens (tertiary/aromatic N) is 1. The summed E-state index contributed by atoms with van der Waals surface area (Å²) >= 11 is 0. The van der Waals surface area contributed by atoms with Gasteiger partial charge < -0.3 is 25.2 Å². The van der Waals surface area contributed by atoms with E-state index in [0.29, 0.717) is 19.1 Å². The summed E-state index contributed by atoms with van der Waals surface area (Å²) in [5.74, 6) is 1.52. The molecule has 31 heavy (non-hydrogen) atoms. The number of nitrogens with one attached hydrogen (secondary N) is 2. The molecular formula is C25H37N3O3. The van der Waals surface area contributed by atoms with Crippen LogP contribution in [0.1, 0.15) is 50.8 Å². The van der Waals surface area contributed by atoms with Crippen molar-refractivity contribution < 1.29 is 14.6 Å². The zero-order valence-corrected chi connectivity index (χ0v) is 19.0. The lowest BCUT2D eigenvalue weighted by Crippen LogP contribution is -2.38. The maximum atomic E-state index is 10.5. The van der Waals surface area contributed by atoms with Crippen molar-refractivity contribution in [3.05, 3.63) is 65.7 Å². The second kappa shape index (κ2) is 14.4. The van der Waals surface area contributed by atoms with Crippen LogP contribution in [0.15, 0.2) is 59.6 Å². The molecule has 1 unspecified atom stereocenters. The predicted molar refractivity (Wildman–Crippen MR) is 126 cm³/mol. The van der Waals surface area contributed by atoms with Crippen LogP contribution >= 0.6 is 0 Å². The first-order valence-corrected chi connectivity index (χ1v) is 11.2. The molecule has 0 aliphatic rings.